The highest BCUT2D eigenvalue weighted by Gasteiger charge is 2.26. The Labute approximate surface area is 222 Å². The van der Waals surface area contributed by atoms with Crippen molar-refractivity contribution in [2.75, 3.05) is 11.9 Å². The van der Waals surface area contributed by atoms with E-state index < -0.39 is 23.0 Å². The third-order valence-corrected chi connectivity index (χ3v) is 6.14. The fourth-order valence-corrected chi connectivity index (χ4v) is 4.43. The first-order valence-corrected chi connectivity index (χ1v) is 12.5. The van der Waals surface area contributed by atoms with Crippen molar-refractivity contribution in [3.8, 4) is 11.3 Å². The zero-order valence-electron chi connectivity index (χ0n) is 22.2. The average molecular weight is 539 g/mol. The number of anilines is 2. The minimum absolute atomic E-state index is 0.0546. The van der Waals surface area contributed by atoms with E-state index in [2.05, 4.69) is 20.3 Å². The van der Waals surface area contributed by atoms with Gasteiger partial charge in [0.2, 0.25) is 5.95 Å². The number of carbonyl (C=O) groups is 1. The maximum absolute atomic E-state index is 14.8. The molecule has 3 aromatic heterocycles. The monoisotopic (exact) mass is 538 g/mol. The first-order valence-electron chi connectivity index (χ1n) is 12.5. The first kappa shape index (κ1) is 26.3. The molecule has 204 valence electrons. The molecule has 5 rings (SSSR count). The van der Waals surface area contributed by atoms with Gasteiger partial charge in [-0.3, -0.25) is 4.57 Å². The van der Waals surface area contributed by atoms with Crippen LogP contribution in [0.15, 0.2) is 39.7 Å². The summed E-state index contributed by atoms with van der Waals surface area (Å²) in [6.07, 6.45) is 1.13. The van der Waals surface area contributed by atoms with Gasteiger partial charge >= 0.3 is 11.8 Å². The Morgan fingerprint density at radius 2 is 1.92 bits per heavy atom. The van der Waals surface area contributed by atoms with Crippen LogP contribution >= 0.6 is 0 Å². The molecule has 0 saturated heterocycles. The summed E-state index contributed by atoms with van der Waals surface area (Å²) >= 11 is 0. The van der Waals surface area contributed by atoms with Gasteiger partial charge in [0, 0.05) is 30.3 Å². The number of ether oxygens (including phenoxy) is 1. The molecular formula is C27H28F2N6O4. The lowest BCUT2D eigenvalue weighted by Crippen LogP contribution is -2.40. The number of hydrogen-bond donors (Lipinski definition) is 1. The van der Waals surface area contributed by atoms with Gasteiger partial charge in [0.05, 0.1) is 18.3 Å². The lowest BCUT2D eigenvalue weighted by molar-refractivity contribution is 0.0223. The predicted octanol–water partition coefficient (Wildman–Crippen LogP) is 5.34. The van der Waals surface area contributed by atoms with Crippen LogP contribution in [0.3, 0.4) is 0 Å². The van der Waals surface area contributed by atoms with E-state index in [0.29, 0.717) is 25.3 Å². The van der Waals surface area contributed by atoms with Gasteiger partial charge in [-0.05, 0) is 58.4 Å². The normalized spacial score (nSPS) is 13.6. The summed E-state index contributed by atoms with van der Waals surface area (Å²) in [6, 6.07) is 5.79. The van der Waals surface area contributed by atoms with E-state index in [1.165, 1.54) is 10.6 Å². The Bertz CT molecular complexity index is 1640. The van der Waals surface area contributed by atoms with Crippen molar-refractivity contribution in [2.45, 2.75) is 59.2 Å². The zero-order chi connectivity index (χ0) is 28.1. The highest BCUT2D eigenvalue weighted by atomic mass is 19.1. The van der Waals surface area contributed by atoms with Gasteiger partial charge in [-0.2, -0.15) is 0 Å². The molecule has 12 heteroatoms. The molecular weight excluding hydrogens is 510 g/mol. The summed E-state index contributed by atoms with van der Waals surface area (Å²) in [6.45, 7) is 9.81. The number of halogens is 2. The first-order chi connectivity index (χ1) is 18.4. The van der Waals surface area contributed by atoms with Crippen molar-refractivity contribution < 1.29 is 22.7 Å². The third-order valence-electron chi connectivity index (χ3n) is 6.14. The van der Waals surface area contributed by atoms with Crippen LogP contribution in [0.2, 0.25) is 0 Å². The highest BCUT2D eigenvalue weighted by Crippen LogP contribution is 2.29. The minimum Gasteiger partial charge on any atom is -0.444 e. The van der Waals surface area contributed by atoms with Gasteiger partial charge in [0.1, 0.15) is 17.1 Å². The summed E-state index contributed by atoms with van der Waals surface area (Å²) in [4.78, 5) is 39.1. The van der Waals surface area contributed by atoms with Crippen LogP contribution in [0.1, 0.15) is 51.9 Å². The van der Waals surface area contributed by atoms with E-state index in [-0.39, 0.29) is 40.4 Å². The Kier molecular flexibility index (Phi) is 6.57. The van der Waals surface area contributed by atoms with Crippen LogP contribution in [0.25, 0.3) is 22.4 Å². The second-order valence-corrected chi connectivity index (χ2v) is 10.6. The van der Waals surface area contributed by atoms with Crippen molar-refractivity contribution in [2.24, 2.45) is 0 Å². The van der Waals surface area contributed by atoms with E-state index in [1.807, 2.05) is 26.8 Å². The van der Waals surface area contributed by atoms with E-state index in [0.717, 1.165) is 23.5 Å². The van der Waals surface area contributed by atoms with Crippen LogP contribution in [0.5, 0.6) is 0 Å². The number of nitrogens with zero attached hydrogens (tertiary/aromatic N) is 5. The molecule has 1 N–H and O–H groups in total. The number of rotatable bonds is 4. The van der Waals surface area contributed by atoms with Crippen molar-refractivity contribution in [1.29, 1.82) is 0 Å². The maximum Gasteiger partial charge on any atom is 0.420 e. The van der Waals surface area contributed by atoms with E-state index in [9.17, 15) is 18.4 Å². The number of hydrogen-bond acceptors (Lipinski definition) is 8. The Morgan fingerprint density at radius 1 is 1.15 bits per heavy atom. The lowest BCUT2D eigenvalue weighted by Gasteiger charge is -2.30. The second kappa shape index (κ2) is 9.75. The van der Waals surface area contributed by atoms with Crippen LogP contribution in [0.4, 0.5) is 25.3 Å². The molecule has 0 saturated carbocycles. The molecule has 1 aliphatic rings. The fourth-order valence-electron chi connectivity index (χ4n) is 4.43. The summed E-state index contributed by atoms with van der Waals surface area (Å²) in [5.41, 5.74) is 1.09. The number of fused-ring (bicyclic) bond motifs is 2. The summed E-state index contributed by atoms with van der Waals surface area (Å²) in [5.74, 6) is -1.78. The number of pyridine rings is 1. The van der Waals surface area contributed by atoms with Crippen LogP contribution < -0.4 is 11.1 Å². The predicted molar refractivity (Wildman–Crippen MR) is 140 cm³/mol. The summed E-state index contributed by atoms with van der Waals surface area (Å²) < 4.78 is 41.4. The zero-order valence-corrected chi connectivity index (χ0v) is 22.2. The number of nitrogens with one attached hydrogen (secondary N) is 1. The standard InChI is InChI=1S/C27H28F2N6O4/c1-14(2)35-20-11-16(10-17(28)23(20)38-26(35)37)22-18(29)12-30-24(33-22)32-21-7-6-15-13-34(9-8-19(15)31-21)25(36)39-27(3,4)5/h6-7,10-12,14H,8-9,13H2,1-5H3,(H,30,31,32,33). The molecule has 4 aromatic rings. The highest BCUT2D eigenvalue weighted by molar-refractivity contribution is 5.81. The maximum atomic E-state index is 14.8. The number of aromatic nitrogens is 4. The SMILES string of the molecule is CC(C)n1c(=O)oc2c(F)cc(-c3nc(Nc4ccc5c(n4)CCN(C(=O)OC(C)(C)C)C5)ncc3F)cc21. The Hall–Kier alpha value is -4.35. The molecule has 0 fully saturated rings. The molecule has 10 nitrogen and oxygen atoms in total. The number of oxazole rings is 1. The smallest absolute Gasteiger partial charge is 0.420 e. The average Bonchev–Trinajstić information content (AvgIpc) is 3.20. The summed E-state index contributed by atoms with van der Waals surface area (Å²) in [7, 11) is 0. The number of amides is 1. The molecule has 1 aliphatic heterocycles. The molecule has 0 atom stereocenters. The van der Waals surface area contributed by atoms with Crippen molar-refractivity contribution >= 4 is 29.0 Å². The van der Waals surface area contributed by atoms with Crippen LogP contribution in [-0.4, -0.2) is 42.7 Å². The molecule has 4 heterocycles. The lowest BCUT2D eigenvalue weighted by atomic mass is 10.1. The third kappa shape index (κ3) is 5.31. The minimum atomic E-state index is -0.802. The van der Waals surface area contributed by atoms with Gasteiger partial charge in [-0.25, -0.2) is 33.3 Å². The van der Waals surface area contributed by atoms with Crippen molar-refractivity contribution in [3.05, 3.63) is 63.9 Å². The number of carbonyl (C=O) groups excluding carboxylic acids is 1. The Balaban J connectivity index is 1.40. The van der Waals surface area contributed by atoms with E-state index in [1.54, 1.807) is 24.8 Å². The molecule has 0 radical (unpaired) electrons. The van der Waals surface area contributed by atoms with Gasteiger partial charge in [-0.1, -0.05) is 6.07 Å². The van der Waals surface area contributed by atoms with E-state index >= 15 is 0 Å². The molecule has 0 bridgehead atoms. The molecule has 39 heavy (non-hydrogen) atoms. The largest absolute Gasteiger partial charge is 0.444 e. The van der Waals surface area contributed by atoms with Gasteiger partial charge in [0.25, 0.3) is 0 Å². The molecule has 0 unspecified atom stereocenters. The van der Waals surface area contributed by atoms with Gasteiger partial charge in [0.15, 0.2) is 17.2 Å². The van der Waals surface area contributed by atoms with E-state index in [4.69, 9.17) is 9.15 Å². The quantitative estimate of drug-likeness (QED) is 0.370. The van der Waals surface area contributed by atoms with Gasteiger partial charge in [-0.15, -0.1) is 0 Å². The van der Waals surface area contributed by atoms with Gasteiger partial charge < -0.3 is 19.4 Å². The fraction of sp³-hybridized carbons (Fsp3) is 0.370. The molecule has 1 aromatic carbocycles. The number of benzene rings is 1. The summed E-state index contributed by atoms with van der Waals surface area (Å²) in [5, 5.41) is 2.97. The molecule has 0 aliphatic carbocycles. The molecule has 0 spiro atoms. The topological polar surface area (TPSA) is 115 Å². The van der Waals surface area contributed by atoms with Crippen molar-refractivity contribution in [3.63, 3.8) is 0 Å². The van der Waals surface area contributed by atoms with Crippen LogP contribution in [-0.2, 0) is 17.7 Å². The molecule has 1 amide bonds. The van der Waals surface area contributed by atoms with Crippen molar-refractivity contribution in [1.82, 2.24) is 24.4 Å². The Morgan fingerprint density at radius 3 is 2.64 bits per heavy atom. The van der Waals surface area contributed by atoms with Crippen LogP contribution in [0, 0.1) is 11.6 Å². The second-order valence-electron chi connectivity index (χ2n) is 10.6.